The highest BCUT2D eigenvalue weighted by atomic mass is 32.2. The first-order valence-corrected chi connectivity index (χ1v) is 10.5. The fourth-order valence-electron chi connectivity index (χ4n) is 3.24. The number of nitrogens with zero attached hydrogens (tertiary/aromatic N) is 4. The molecule has 0 radical (unpaired) electrons. The molecule has 0 amide bonds. The Morgan fingerprint density at radius 1 is 1.03 bits per heavy atom. The highest BCUT2D eigenvalue weighted by Crippen LogP contribution is 2.32. The van der Waals surface area contributed by atoms with E-state index in [0.29, 0.717) is 48.8 Å². The van der Waals surface area contributed by atoms with Crippen LogP contribution in [-0.2, 0) is 21.4 Å². The number of ether oxygens (including phenoxy) is 3. The lowest BCUT2D eigenvalue weighted by atomic mass is 10.2. The average molecular weight is 418 g/mol. The molecule has 1 aromatic heterocycles. The molecule has 0 aliphatic carbocycles. The van der Waals surface area contributed by atoms with Crippen molar-refractivity contribution < 1.29 is 27.5 Å². The van der Waals surface area contributed by atoms with Crippen molar-refractivity contribution in [2.45, 2.75) is 11.5 Å². The fourth-order valence-corrected chi connectivity index (χ4v) is 4.66. The third-order valence-electron chi connectivity index (χ3n) is 4.78. The highest BCUT2D eigenvalue weighted by molar-refractivity contribution is 7.89. The van der Waals surface area contributed by atoms with Crippen molar-refractivity contribution in [1.82, 2.24) is 19.5 Å². The predicted octanol–water partition coefficient (Wildman–Crippen LogP) is 0.810. The summed E-state index contributed by atoms with van der Waals surface area (Å²) in [6.07, 6.45) is 0. The molecule has 29 heavy (non-hydrogen) atoms. The van der Waals surface area contributed by atoms with Crippen molar-refractivity contribution in [1.29, 1.82) is 0 Å². The summed E-state index contributed by atoms with van der Waals surface area (Å²) in [6.45, 7) is 1.85. The monoisotopic (exact) mass is 418 g/mol. The first kappa shape index (κ1) is 18.2. The Morgan fingerprint density at radius 3 is 2.72 bits per heavy atom. The molecule has 152 valence electrons. The first-order valence-electron chi connectivity index (χ1n) is 9.06. The van der Waals surface area contributed by atoms with E-state index in [1.54, 1.807) is 6.07 Å². The summed E-state index contributed by atoms with van der Waals surface area (Å²) in [5.41, 5.74) is 1.87. The van der Waals surface area contributed by atoms with Crippen molar-refractivity contribution in [3.63, 3.8) is 0 Å². The first-order chi connectivity index (χ1) is 14.1. The molecule has 0 atom stereocenters. The summed E-state index contributed by atoms with van der Waals surface area (Å²) in [7, 11) is -3.62. The van der Waals surface area contributed by atoms with Crippen molar-refractivity contribution in [2.24, 2.45) is 0 Å². The lowest BCUT2D eigenvalue weighted by molar-refractivity contribution is 0.0729. The van der Waals surface area contributed by atoms with E-state index in [1.165, 1.54) is 21.3 Å². The number of rotatable bonds is 5. The summed E-state index contributed by atoms with van der Waals surface area (Å²) in [6, 6.07) is 10.2. The molecule has 10 nitrogen and oxygen atoms in total. The van der Waals surface area contributed by atoms with Gasteiger partial charge in [0.25, 0.3) is 0 Å². The van der Waals surface area contributed by atoms with Crippen LogP contribution in [0.4, 0.5) is 0 Å². The maximum Gasteiger partial charge on any atom is 0.243 e. The molecule has 0 N–H and O–H groups in total. The lowest BCUT2D eigenvalue weighted by Gasteiger charge is -2.26. The number of benzene rings is 2. The van der Waals surface area contributed by atoms with Crippen LogP contribution in [0.5, 0.6) is 11.5 Å². The van der Waals surface area contributed by atoms with Gasteiger partial charge in [0, 0.05) is 13.1 Å². The average Bonchev–Trinajstić information content (AvgIpc) is 3.38. The topological polar surface area (TPSA) is 105 Å². The molecule has 0 unspecified atom stereocenters. The van der Waals surface area contributed by atoms with E-state index < -0.39 is 10.0 Å². The Labute approximate surface area is 166 Å². The zero-order valence-electron chi connectivity index (χ0n) is 15.4. The van der Waals surface area contributed by atoms with E-state index in [0.717, 1.165) is 5.56 Å². The van der Waals surface area contributed by atoms with E-state index >= 15 is 0 Å². The summed E-state index contributed by atoms with van der Waals surface area (Å²) in [5, 5.41) is 8.02. The maximum absolute atomic E-state index is 12.9. The van der Waals surface area contributed by atoms with Gasteiger partial charge in [0.05, 0.1) is 18.1 Å². The molecular formula is C18H18N4O6S. The standard InChI is InChI=1S/C18H18N4O6S/c23-29(24,21-5-7-25-8-6-21)14-2-3-15-16(10-14)22(20-19-15)28-11-13-1-4-17-18(9-13)27-12-26-17/h1-4,9-10H,5-8,11-12H2. The van der Waals surface area contributed by atoms with Crippen LogP contribution in [-0.4, -0.2) is 61.0 Å². The molecular weight excluding hydrogens is 400 g/mol. The van der Waals surface area contributed by atoms with Gasteiger partial charge in [-0.3, -0.25) is 0 Å². The van der Waals surface area contributed by atoms with Crippen LogP contribution in [0.1, 0.15) is 5.56 Å². The van der Waals surface area contributed by atoms with Gasteiger partial charge in [0.15, 0.2) is 11.5 Å². The van der Waals surface area contributed by atoms with Gasteiger partial charge in [-0.25, -0.2) is 8.42 Å². The maximum atomic E-state index is 12.9. The minimum atomic E-state index is -3.62. The van der Waals surface area contributed by atoms with E-state index in [-0.39, 0.29) is 18.3 Å². The second-order valence-electron chi connectivity index (χ2n) is 6.59. The molecule has 1 fully saturated rings. The van der Waals surface area contributed by atoms with Gasteiger partial charge in [0.2, 0.25) is 16.8 Å². The molecule has 5 rings (SSSR count). The van der Waals surface area contributed by atoms with E-state index in [1.807, 2.05) is 18.2 Å². The van der Waals surface area contributed by atoms with Crippen LogP contribution in [0, 0.1) is 0 Å². The van der Waals surface area contributed by atoms with Crippen molar-refractivity contribution in [3.05, 3.63) is 42.0 Å². The quantitative estimate of drug-likeness (QED) is 0.600. The van der Waals surface area contributed by atoms with Gasteiger partial charge in [-0.05, 0) is 41.1 Å². The molecule has 2 aliphatic rings. The second kappa shape index (κ2) is 7.17. The third-order valence-corrected chi connectivity index (χ3v) is 6.68. The zero-order chi connectivity index (χ0) is 19.8. The summed E-state index contributed by atoms with van der Waals surface area (Å²) < 4.78 is 43.1. The van der Waals surface area contributed by atoms with Crippen LogP contribution < -0.4 is 14.3 Å². The van der Waals surface area contributed by atoms with Gasteiger partial charge in [-0.15, -0.1) is 5.10 Å². The number of morpholine rings is 1. The van der Waals surface area contributed by atoms with Crippen LogP contribution in [0.2, 0.25) is 0 Å². The Hall–Kier alpha value is -2.89. The van der Waals surface area contributed by atoms with Crippen LogP contribution >= 0.6 is 0 Å². The van der Waals surface area contributed by atoms with Crippen LogP contribution in [0.25, 0.3) is 11.0 Å². The molecule has 0 saturated carbocycles. The van der Waals surface area contributed by atoms with E-state index in [2.05, 4.69) is 10.3 Å². The molecule has 3 aromatic rings. The number of sulfonamides is 1. The minimum Gasteiger partial charge on any atom is -0.454 e. The number of aromatic nitrogens is 3. The van der Waals surface area contributed by atoms with Gasteiger partial charge in [0.1, 0.15) is 17.6 Å². The Balaban J connectivity index is 1.39. The largest absolute Gasteiger partial charge is 0.454 e. The molecule has 2 aliphatic heterocycles. The van der Waals surface area contributed by atoms with Crippen LogP contribution in [0.15, 0.2) is 41.3 Å². The number of hydrogen-bond donors (Lipinski definition) is 0. The number of fused-ring (bicyclic) bond motifs is 2. The zero-order valence-corrected chi connectivity index (χ0v) is 16.2. The van der Waals surface area contributed by atoms with Crippen molar-refractivity contribution in [3.8, 4) is 11.5 Å². The normalized spacial score (nSPS) is 17.0. The van der Waals surface area contributed by atoms with E-state index in [4.69, 9.17) is 19.0 Å². The Morgan fingerprint density at radius 2 is 1.86 bits per heavy atom. The molecule has 0 spiro atoms. The van der Waals surface area contributed by atoms with Gasteiger partial charge in [-0.2, -0.15) is 4.31 Å². The smallest absolute Gasteiger partial charge is 0.243 e. The van der Waals surface area contributed by atoms with E-state index in [9.17, 15) is 8.42 Å². The fraction of sp³-hybridized carbons (Fsp3) is 0.333. The molecule has 2 aromatic carbocycles. The molecule has 1 saturated heterocycles. The van der Waals surface area contributed by atoms with Gasteiger partial charge in [-0.1, -0.05) is 10.9 Å². The summed E-state index contributed by atoms with van der Waals surface area (Å²) in [4.78, 5) is 7.14. The summed E-state index contributed by atoms with van der Waals surface area (Å²) >= 11 is 0. The second-order valence-corrected chi connectivity index (χ2v) is 8.53. The van der Waals surface area contributed by atoms with Crippen molar-refractivity contribution >= 4 is 21.1 Å². The van der Waals surface area contributed by atoms with Gasteiger partial charge < -0.3 is 19.0 Å². The number of hydrogen-bond acceptors (Lipinski definition) is 8. The van der Waals surface area contributed by atoms with Crippen LogP contribution in [0.3, 0.4) is 0 Å². The molecule has 11 heteroatoms. The molecule has 3 heterocycles. The third kappa shape index (κ3) is 3.37. The SMILES string of the molecule is O=S(=O)(c1ccc2nnn(OCc3ccc4c(c3)OCO4)c2c1)N1CCOCC1. The lowest BCUT2D eigenvalue weighted by Crippen LogP contribution is -2.40. The molecule has 0 bridgehead atoms. The Kier molecular flexibility index (Phi) is 4.49. The summed E-state index contributed by atoms with van der Waals surface area (Å²) in [5.74, 6) is 1.35. The Bertz CT molecular complexity index is 1160. The highest BCUT2D eigenvalue weighted by Gasteiger charge is 2.27. The predicted molar refractivity (Wildman–Crippen MR) is 100.0 cm³/mol. The van der Waals surface area contributed by atoms with Crippen molar-refractivity contribution in [2.75, 3.05) is 33.1 Å². The van der Waals surface area contributed by atoms with Gasteiger partial charge >= 0.3 is 0 Å². The minimum absolute atomic E-state index is 0.169.